The maximum absolute atomic E-state index is 7.51. The molecular formula is C12H13NO. The minimum Gasteiger partial charge on any atom is -0.497 e. The van der Waals surface area contributed by atoms with Crippen molar-refractivity contribution < 1.29 is 4.74 Å². The summed E-state index contributed by atoms with van der Waals surface area (Å²) in [6.45, 7) is 6.76. The Bertz CT molecular complexity index is 319. The van der Waals surface area contributed by atoms with E-state index in [0.717, 1.165) is 11.3 Å². The number of methoxy groups -OCH3 is 1. The van der Waals surface area contributed by atoms with Crippen LogP contribution in [0.3, 0.4) is 0 Å². The van der Waals surface area contributed by atoms with Crippen molar-refractivity contribution in [2.24, 2.45) is 0 Å². The molecule has 0 aliphatic heterocycles. The van der Waals surface area contributed by atoms with Crippen LogP contribution in [0.1, 0.15) is 5.56 Å². The smallest absolute Gasteiger partial charge is 0.118 e. The Hall–Kier alpha value is -2.01. The Morgan fingerprint density at radius 1 is 1.29 bits per heavy atom. The first-order valence-electron chi connectivity index (χ1n) is 4.05. The van der Waals surface area contributed by atoms with Crippen LogP contribution in [-0.4, -0.2) is 7.11 Å². The van der Waals surface area contributed by atoms with E-state index in [1.807, 2.05) is 24.3 Å². The Balaban J connectivity index is 0.000000364. The van der Waals surface area contributed by atoms with Crippen LogP contribution in [0.15, 0.2) is 43.5 Å². The molecular weight excluding hydrogens is 174 g/mol. The molecule has 0 fully saturated rings. The maximum Gasteiger partial charge on any atom is 0.118 e. The van der Waals surface area contributed by atoms with E-state index in [-0.39, 0.29) is 0 Å². The van der Waals surface area contributed by atoms with Gasteiger partial charge in [-0.15, -0.1) is 0 Å². The van der Waals surface area contributed by atoms with E-state index in [1.54, 1.807) is 19.3 Å². The molecule has 2 nitrogen and oxygen atoms in total. The highest BCUT2D eigenvalue weighted by molar-refractivity contribution is 5.48. The fourth-order valence-corrected chi connectivity index (χ4v) is 0.740. The number of nitrogens with zero attached hydrogens (tertiary/aromatic N) is 1. The molecule has 0 aromatic heterocycles. The minimum absolute atomic E-state index is 0.880. The maximum atomic E-state index is 7.51. The molecule has 0 aliphatic rings. The van der Waals surface area contributed by atoms with Crippen molar-refractivity contribution in [1.82, 2.24) is 0 Å². The lowest BCUT2D eigenvalue weighted by Crippen LogP contribution is -1.80. The first-order valence-corrected chi connectivity index (χ1v) is 4.05. The third-order valence-electron chi connectivity index (χ3n) is 1.44. The summed E-state index contributed by atoms with van der Waals surface area (Å²) in [5, 5.41) is 7.51. The Morgan fingerprint density at radius 2 is 1.79 bits per heavy atom. The Labute approximate surface area is 84.8 Å². The topological polar surface area (TPSA) is 33.0 Å². The van der Waals surface area contributed by atoms with Gasteiger partial charge in [-0.2, -0.15) is 5.26 Å². The van der Waals surface area contributed by atoms with Crippen LogP contribution in [0.5, 0.6) is 5.75 Å². The Morgan fingerprint density at radius 3 is 2.07 bits per heavy atom. The summed E-state index contributed by atoms with van der Waals surface area (Å²) in [6, 6.07) is 9.45. The van der Waals surface area contributed by atoms with Gasteiger partial charge >= 0.3 is 0 Å². The van der Waals surface area contributed by atoms with Gasteiger partial charge < -0.3 is 4.74 Å². The normalized spacial score (nSPS) is 7.43. The molecule has 1 aromatic rings. The van der Waals surface area contributed by atoms with E-state index in [2.05, 4.69) is 13.2 Å². The lowest BCUT2D eigenvalue weighted by molar-refractivity contribution is 0.415. The molecule has 72 valence electrons. The number of benzene rings is 1. The summed E-state index contributed by atoms with van der Waals surface area (Å²) in [6.07, 6.45) is 2.99. The van der Waals surface area contributed by atoms with Gasteiger partial charge in [-0.3, -0.25) is 0 Å². The van der Waals surface area contributed by atoms with Gasteiger partial charge in [-0.05, 0) is 17.7 Å². The molecule has 1 aromatic carbocycles. The van der Waals surface area contributed by atoms with Crippen LogP contribution in [0, 0.1) is 11.3 Å². The van der Waals surface area contributed by atoms with Crippen molar-refractivity contribution in [2.45, 2.75) is 0 Å². The van der Waals surface area contributed by atoms with Crippen molar-refractivity contribution in [2.75, 3.05) is 7.11 Å². The highest BCUT2D eigenvalue weighted by Crippen LogP contribution is 2.11. The largest absolute Gasteiger partial charge is 0.497 e. The molecule has 0 atom stereocenters. The summed E-state index contributed by atoms with van der Waals surface area (Å²) >= 11 is 0. The van der Waals surface area contributed by atoms with Gasteiger partial charge in [0.15, 0.2) is 0 Å². The lowest BCUT2D eigenvalue weighted by atomic mass is 10.2. The molecule has 0 aliphatic carbocycles. The standard InChI is InChI=1S/C9H10O.C3H3N/c1-3-8-4-6-9(10-2)7-5-8;1-2-3-4/h3-7H,1H2,2H3;2H,1H2. The molecule has 1 rings (SSSR count). The molecule has 0 saturated carbocycles. The van der Waals surface area contributed by atoms with Crippen molar-refractivity contribution in [3.8, 4) is 11.8 Å². The van der Waals surface area contributed by atoms with Gasteiger partial charge in [0.05, 0.1) is 13.2 Å². The second-order valence-electron chi connectivity index (χ2n) is 2.31. The second-order valence-corrected chi connectivity index (χ2v) is 2.31. The van der Waals surface area contributed by atoms with E-state index >= 15 is 0 Å². The fourth-order valence-electron chi connectivity index (χ4n) is 0.740. The lowest BCUT2D eigenvalue weighted by Gasteiger charge is -1.97. The summed E-state index contributed by atoms with van der Waals surface area (Å²) in [5.41, 5.74) is 1.11. The first kappa shape index (κ1) is 12.0. The van der Waals surface area contributed by atoms with Gasteiger partial charge in [0.1, 0.15) is 5.75 Å². The predicted molar refractivity (Wildman–Crippen MR) is 58.9 cm³/mol. The zero-order valence-electron chi connectivity index (χ0n) is 8.23. The number of hydrogen-bond donors (Lipinski definition) is 0. The van der Waals surface area contributed by atoms with Crippen molar-refractivity contribution in [1.29, 1.82) is 5.26 Å². The first-order chi connectivity index (χ1) is 6.78. The zero-order valence-corrected chi connectivity index (χ0v) is 8.23. The molecule has 0 heterocycles. The molecule has 0 unspecified atom stereocenters. The van der Waals surface area contributed by atoms with Crippen molar-refractivity contribution in [3.05, 3.63) is 49.1 Å². The van der Waals surface area contributed by atoms with E-state index in [1.165, 1.54) is 6.08 Å². The van der Waals surface area contributed by atoms with Crippen LogP contribution >= 0.6 is 0 Å². The van der Waals surface area contributed by atoms with Crippen LogP contribution in [-0.2, 0) is 0 Å². The SMILES string of the molecule is C=CC#N.C=Cc1ccc(OC)cc1. The molecule has 0 spiro atoms. The summed E-state index contributed by atoms with van der Waals surface area (Å²) < 4.78 is 4.98. The fraction of sp³-hybridized carbons (Fsp3) is 0.0833. The number of hydrogen-bond acceptors (Lipinski definition) is 2. The summed E-state index contributed by atoms with van der Waals surface area (Å²) in [5.74, 6) is 0.880. The molecule has 0 bridgehead atoms. The number of rotatable bonds is 2. The second kappa shape index (κ2) is 7.63. The third kappa shape index (κ3) is 4.78. The summed E-state index contributed by atoms with van der Waals surface area (Å²) in [7, 11) is 1.66. The van der Waals surface area contributed by atoms with Gasteiger partial charge in [0.2, 0.25) is 0 Å². The van der Waals surface area contributed by atoms with E-state index in [9.17, 15) is 0 Å². The van der Waals surface area contributed by atoms with Crippen LogP contribution < -0.4 is 4.74 Å². The number of ether oxygens (including phenoxy) is 1. The quantitative estimate of drug-likeness (QED) is 0.667. The van der Waals surface area contributed by atoms with Gasteiger partial charge in [-0.25, -0.2) is 0 Å². The Kier molecular flexibility index (Phi) is 6.53. The highest BCUT2D eigenvalue weighted by atomic mass is 16.5. The van der Waals surface area contributed by atoms with Gasteiger partial charge in [0, 0.05) is 6.08 Å². The highest BCUT2D eigenvalue weighted by Gasteiger charge is 1.87. The van der Waals surface area contributed by atoms with Crippen LogP contribution in [0.2, 0.25) is 0 Å². The molecule has 2 heteroatoms. The molecule has 0 N–H and O–H groups in total. The number of allylic oxidation sites excluding steroid dienone is 1. The molecule has 0 amide bonds. The van der Waals surface area contributed by atoms with Gasteiger partial charge in [-0.1, -0.05) is 31.4 Å². The van der Waals surface area contributed by atoms with Crippen molar-refractivity contribution in [3.63, 3.8) is 0 Å². The van der Waals surface area contributed by atoms with E-state index in [0.29, 0.717) is 0 Å². The van der Waals surface area contributed by atoms with Crippen LogP contribution in [0.25, 0.3) is 6.08 Å². The minimum atomic E-state index is 0.880. The predicted octanol–water partition coefficient (Wildman–Crippen LogP) is 3.03. The summed E-state index contributed by atoms with van der Waals surface area (Å²) in [4.78, 5) is 0. The monoisotopic (exact) mass is 187 g/mol. The zero-order chi connectivity index (χ0) is 10.8. The van der Waals surface area contributed by atoms with Crippen molar-refractivity contribution >= 4 is 6.08 Å². The molecule has 14 heavy (non-hydrogen) atoms. The van der Waals surface area contributed by atoms with Gasteiger partial charge in [0.25, 0.3) is 0 Å². The van der Waals surface area contributed by atoms with Crippen LogP contribution in [0.4, 0.5) is 0 Å². The van der Waals surface area contributed by atoms with E-state index in [4.69, 9.17) is 10.00 Å². The molecule has 0 radical (unpaired) electrons. The van der Waals surface area contributed by atoms with E-state index < -0.39 is 0 Å². The number of nitriles is 1. The molecule has 0 saturated heterocycles. The third-order valence-corrected chi connectivity index (χ3v) is 1.44. The average molecular weight is 187 g/mol. The average Bonchev–Trinajstić information content (AvgIpc) is 2.29.